The molecule has 1 aromatic heterocycles. The number of alkyl halides is 3. The second kappa shape index (κ2) is 12.3. The lowest BCUT2D eigenvalue weighted by molar-refractivity contribution is -0.192. The highest BCUT2D eigenvalue weighted by atomic mass is 32.2. The number of aliphatic carboxylic acids is 1. The maximum Gasteiger partial charge on any atom is 0.490 e. The fourth-order valence-corrected chi connectivity index (χ4v) is 7.03. The van der Waals surface area contributed by atoms with E-state index in [0.29, 0.717) is 22.2 Å². The summed E-state index contributed by atoms with van der Waals surface area (Å²) in [7, 11) is -8.48. The molecule has 1 fully saturated rings. The van der Waals surface area contributed by atoms with E-state index in [1.165, 1.54) is 0 Å². The van der Waals surface area contributed by atoms with Crippen LogP contribution in [0.3, 0.4) is 0 Å². The number of aromatic amines is 1. The molecule has 0 bridgehead atoms. The fraction of sp³-hybridized carbons (Fsp3) is 0.192. The Morgan fingerprint density at radius 1 is 1.02 bits per heavy atom. The first-order valence-electron chi connectivity index (χ1n) is 12.3. The van der Waals surface area contributed by atoms with Gasteiger partial charge < -0.3 is 10.1 Å². The van der Waals surface area contributed by atoms with E-state index in [2.05, 4.69) is 14.7 Å². The second-order valence-corrected chi connectivity index (χ2v) is 12.9. The number of amides is 1. The summed E-state index contributed by atoms with van der Waals surface area (Å²) in [5, 5.41) is 6.10. The van der Waals surface area contributed by atoms with Crippen molar-refractivity contribution in [3.8, 4) is 0 Å². The number of aromatic nitrogens is 2. The van der Waals surface area contributed by atoms with Gasteiger partial charge in [0.1, 0.15) is 22.7 Å². The highest BCUT2D eigenvalue weighted by Gasteiger charge is 2.39. The molecule has 0 aliphatic carbocycles. The normalized spacial score (nSPS) is 17.0. The molecule has 1 saturated heterocycles. The predicted molar refractivity (Wildman–Crippen MR) is 144 cm³/mol. The van der Waals surface area contributed by atoms with Gasteiger partial charge in [-0.3, -0.25) is 9.52 Å². The number of nitrogens with zero attached hydrogens (tertiary/aromatic N) is 1. The monoisotopic (exact) mass is 660 g/mol. The first kappa shape index (κ1) is 32.5. The third-order valence-electron chi connectivity index (χ3n) is 6.26. The Morgan fingerprint density at radius 2 is 1.61 bits per heavy atom. The summed E-state index contributed by atoms with van der Waals surface area (Å²) >= 11 is 0. The van der Waals surface area contributed by atoms with E-state index in [0.717, 1.165) is 18.2 Å². The number of hydrogen-bond acceptors (Lipinski definition) is 7. The molecule has 44 heavy (non-hydrogen) atoms. The zero-order chi connectivity index (χ0) is 32.4. The Kier molecular flexibility index (Phi) is 9.08. The first-order chi connectivity index (χ1) is 20.5. The van der Waals surface area contributed by atoms with Crippen molar-refractivity contribution in [2.24, 2.45) is 0 Å². The molecule has 1 unspecified atom stereocenters. The van der Waals surface area contributed by atoms with Gasteiger partial charge in [-0.2, -0.15) is 17.9 Å². The summed E-state index contributed by atoms with van der Waals surface area (Å²) in [5.41, 5.74) is 2.19. The number of sulfonamides is 2. The van der Waals surface area contributed by atoms with E-state index < -0.39 is 65.9 Å². The lowest BCUT2D eigenvalue weighted by atomic mass is 10.0. The average molecular weight is 661 g/mol. The van der Waals surface area contributed by atoms with E-state index in [1.807, 2.05) is 4.72 Å². The quantitative estimate of drug-likeness (QED) is 0.217. The number of rotatable bonds is 7. The summed E-state index contributed by atoms with van der Waals surface area (Å²) in [4.78, 5) is 26.8. The minimum atomic E-state index is -5.08. The summed E-state index contributed by atoms with van der Waals surface area (Å²) < 4.78 is 115. The Bertz CT molecular complexity index is 1880. The number of imidazole rings is 1. The van der Waals surface area contributed by atoms with E-state index in [-0.39, 0.29) is 18.7 Å². The summed E-state index contributed by atoms with van der Waals surface area (Å²) in [6.07, 6.45) is -5.26. The summed E-state index contributed by atoms with van der Waals surface area (Å²) in [6, 6.07) is 15.0. The Balaban J connectivity index is 0.000000566. The van der Waals surface area contributed by atoms with Crippen molar-refractivity contribution < 1.29 is 53.5 Å². The van der Waals surface area contributed by atoms with E-state index in [1.54, 1.807) is 48.5 Å². The number of para-hydroxylation sites is 2. The molecule has 4 aromatic rings. The second-order valence-electron chi connectivity index (χ2n) is 9.38. The van der Waals surface area contributed by atoms with Crippen LogP contribution in [0.5, 0.6) is 0 Å². The van der Waals surface area contributed by atoms with Crippen LogP contribution in [0.25, 0.3) is 11.0 Å². The number of fused-ring (bicyclic) bond motifs is 1. The highest BCUT2D eigenvalue weighted by molar-refractivity contribution is 7.90. The van der Waals surface area contributed by atoms with Gasteiger partial charge in [-0.15, -0.1) is 0 Å². The zero-order valence-corrected chi connectivity index (χ0v) is 23.6. The van der Waals surface area contributed by atoms with E-state index >= 15 is 0 Å². The van der Waals surface area contributed by atoms with Crippen LogP contribution in [0.1, 0.15) is 34.7 Å². The van der Waals surface area contributed by atoms with E-state index in [4.69, 9.17) is 9.90 Å². The molecule has 234 valence electrons. The number of hydrogen-bond donors (Lipinski definition) is 4. The maximum atomic E-state index is 14.3. The Hall–Kier alpha value is -4.42. The number of carboxylic acids is 1. The van der Waals surface area contributed by atoms with Gasteiger partial charge in [-0.1, -0.05) is 42.5 Å². The summed E-state index contributed by atoms with van der Waals surface area (Å²) in [6.45, 7) is 0. The molecule has 2 heterocycles. The molecular weight excluding hydrogens is 639 g/mol. The largest absolute Gasteiger partial charge is 0.490 e. The average Bonchev–Trinajstić information content (AvgIpc) is 3.47. The van der Waals surface area contributed by atoms with Gasteiger partial charge in [0.25, 0.3) is 0 Å². The number of nitrogens with one attached hydrogen (secondary N) is 3. The predicted octanol–water partition coefficient (Wildman–Crippen LogP) is 3.63. The topological polar surface area (TPSA) is 175 Å². The number of carboxylic acid groups (broad SMARTS) is 1. The lowest BCUT2D eigenvalue weighted by Crippen LogP contribution is -2.32. The first-order valence-corrected chi connectivity index (χ1v) is 15.4. The molecule has 11 nitrogen and oxygen atoms in total. The van der Waals surface area contributed by atoms with Crippen LogP contribution >= 0.6 is 0 Å². The van der Waals surface area contributed by atoms with Gasteiger partial charge in [-0.25, -0.2) is 35.4 Å². The molecule has 18 heteroatoms. The number of carbonyl (C=O) groups is 2. The van der Waals surface area contributed by atoms with Gasteiger partial charge in [0, 0.05) is 0 Å². The minimum Gasteiger partial charge on any atom is -0.475 e. The maximum absolute atomic E-state index is 14.3. The molecule has 1 amide bonds. The fourth-order valence-electron chi connectivity index (χ4n) is 4.27. The molecule has 4 N–H and O–H groups in total. The van der Waals surface area contributed by atoms with Crippen molar-refractivity contribution in [1.82, 2.24) is 19.4 Å². The summed E-state index contributed by atoms with van der Waals surface area (Å²) in [5.74, 6) is -5.60. The number of halogens is 5. The Labute approximate surface area is 246 Å². The van der Waals surface area contributed by atoms with Crippen LogP contribution < -0.4 is 9.44 Å². The highest BCUT2D eigenvalue weighted by Crippen LogP contribution is 2.31. The smallest absolute Gasteiger partial charge is 0.475 e. The van der Waals surface area contributed by atoms with Crippen molar-refractivity contribution in [2.45, 2.75) is 35.2 Å². The van der Waals surface area contributed by atoms with Gasteiger partial charge in [0.05, 0.1) is 23.5 Å². The molecule has 5 rings (SSSR count). The molecule has 3 aromatic carbocycles. The third-order valence-corrected chi connectivity index (χ3v) is 9.48. The molecule has 0 spiro atoms. The minimum absolute atomic E-state index is 0.0179. The van der Waals surface area contributed by atoms with Gasteiger partial charge in [0.2, 0.25) is 26.0 Å². The van der Waals surface area contributed by atoms with Crippen molar-refractivity contribution in [3.05, 3.63) is 95.3 Å². The van der Waals surface area contributed by atoms with Crippen molar-refractivity contribution in [3.63, 3.8) is 0 Å². The van der Waals surface area contributed by atoms with Gasteiger partial charge >= 0.3 is 12.1 Å². The van der Waals surface area contributed by atoms with Crippen molar-refractivity contribution >= 4 is 43.0 Å². The van der Waals surface area contributed by atoms with Crippen molar-refractivity contribution in [1.29, 1.82) is 0 Å². The van der Waals surface area contributed by atoms with Crippen LogP contribution in [-0.2, 0) is 36.1 Å². The number of carbonyl (C=O) groups excluding carboxylic acids is 1. The third kappa shape index (κ3) is 7.37. The Morgan fingerprint density at radius 3 is 2.14 bits per heavy atom. The van der Waals surface area contributed by atoms with Gasteiger partial charge in [0.15, 0.2) is 4.90 Å². The molecule has 0 saturated carbocycles. The molecule has 2 atom stereocenters. The van der Waals surface area contributed by atoms with Crippen molar-refractivity contribution in [2.75, 3.05) is 0 Å². The number of H-pyrrole nitrogens is 1. The van der Waals surface area contributed by atoms with Crippen LogP contribution in [0.4, 0.5) is 22.0 Å². The molecule has 0 radical (unpaired) electrons. The molecule has 1 aliphatic heterocycles. The molecule has 1 aliphatic rings. The molecular formula is C26H21F5N4O7S2. The standard InChI is InChI=1S/C24H20F2N4O5S2.C2HF3O2/c25-16-4-3-5-17(26)23(16)37(34,35)29-20(24-27-18-6-1-2-7-19(18)28-24)12-14-8-10-15(11-9-14)21-13-22(31)30-36(21,32)33;3-2(4,5)1(6)7/h1-11,20-21,29H,12-13H2,(H,27,28)(H,30,31);(H,6,7)/t20-,21?;/m0./s1. The SMILES string of the molecule is O=C(O)C(F)(F)F.O=C1CC(c2ccc(C[C@H](NS(=O)(=O)c3c(F)cccc3F)c3nc4ccccc4[nH]3)cc2)S(=O)(=O)N1. The van der Waals surface area contributed by atoms with Crippen LogP contribution in [0.15, 0.2) is 71.6 Å². The van der Waals surface area contributed by atoms with Crippen LogP contribution in [0.2, 0.25) is 0 Å². The lowest BCUT2D eigenvalue weighted by Gasteiger charge is -2.18. The van der Waals surface area contributed by atoms with Crippen LogP contribution in [0, 0.1) is 11.6 Å². The van der Waals surface area contributed by atoms with E-state index in [9.17, 15) is 43.6 Å². The number of benzene rings is 3. The van der Waals surface area contributed by atoms with Crippen LogP contribution in [-0.4, -0.2) is 50.0 Å². The van der Waals surface area contributed by atoms with Gasteiger partial charge in [-0.05, 0) is 41.8 Å². The zero-order valence-electron chi connectivity index (χ0n) is 22.0.